The maximum absolute atomic E-state index is 12.5. The maximum atomic E-state index is 12.5. The number of nitrogens with zero attached hydrogens (tertiary/aromatic N) is 1. The fourth-order valence-electron chi connectivity index (χ4n) is 2.94. The van der Waals surface area contributed by atoms with E-state index in [0.29, 0.717) is 5.69 Å². The smallest absolute Gasteiger partial charge is 0.270 e. The fraction of sp³-hybridized carbons (Fsp3) is 0.174. The van der Waals surface area contributed by atoms with E-state index in [1.807, 2.05) is 36.4 Å². The number of anilines is 2. The van der Waals surface area contributed by atoms with Gasteiger partial charge in [-0.15, -0.1) is 0 Å². The van der Waals surface area contributed by atoms with E-state index in [1.54, 1.807) is 12.1 Å². The number of nitrogens with one attached hydrogen (secondary N) is 2. The first-order chi connectivity index (χ1) is 14.5. The molecular formula is C23H22ClN3O3. The van der Waals surface area contributed by atoms with Gasteiger partial charge >= 0.3 is 0 Å². The average Bonchev–Trinajstić information content (AvgIpc) is 2.75. The molecule has 1 amide bonds. The van der Waals surface area contributed by atoms with Crippen LogP contribution in [0.5, 0.6) is 0 Å². The summed E-state index contributed by atoms with van der Waals surface area (Å²) in [6, 6.07) is 19.3. The van der Waals surface area contributed by atoms with Gasteiger partial charge in [-0.3, -0.25) is 14.9 Å². The van der Waals surface area contributed by atoms with Crippen LogP contribution in [0.15, 0.2) is 66.7 Å². The van der Waals surface area contributed by atoms with Crippen molar-refractivity contribution in [2.45, 2.75) is 19.8 Å². The molecule has 0 aliphatic rings. The van der Waals surface area contributed by atoms with E-state index in [1.165, 1.54) is 18.2 Å². The summed E-state index contributed by atoms with van der Waals surface area (Å²) in [5.74, 6) is -0.501. The van der Waals surface area contributed by atoms with Crippen LogP contribution in [-0.2, 0) is 0 Å². The van der Waals surface area contributed by atoms with E-state index in [4.69, 9.17) is 11.6 Å². The molecule has 0 fully saturated rings. The Morgan fingerprint density at radius 2 is 1.57 bits per heavy atom. The second-order valence-corrected chi connectivity index (χ2v) is 7.22. The number of carbonyl (C=O) groups excluding carboxylic acids is 1. The molecule has 0 saturated carbocycles. The van der Waals surface area contributed by atoms with Crippen LogP contribution < -0.4 is 10.6 Å². The summed E-state index contributed by atoms with van der Waals surface area (Å²) < 4.78 is 0. The molecule has 7 heteroatoms. The van der Waals surface area contributed by atoms with E-state index >= 15 is 0 Å². The van der Waals surface area contributed by atoms with Crippen molar-refractivity contribution in [2.75, 3.05) is 17.2 Å². The lowest BCUT2D eigenvalue weighted by Gasteiger charge is -2.09. The van der Waals surface area contributed by atoms with Crippen LogP contribution in [0.4, 0.5) is 17.1 Å². The molecule has 0 bridgehead atoms. The zero-order chi connectivity index (χ0) is 21.5. The van der Waals surface area contributed by atoms with E-state index in [-0.39, 0.29) is 16.3 Å². The quantitative estimate of drug-likeness (QED) is 0.250. The molecule has 3 aromatic rings. The number of hydrogen-bond acceptors (Lipinski definition) is 4. The lowest BCUT2D eigenvalue weighted by atomic mass is 10.0. The first-order valence-corrected chi connectivity index (χ1v) is 10.1. The van der Waals surface area contributed by atoms with Crippen molar-refractivity contribution in [3.63, 3.8) is 0 Å². The Balaban J connectivity index is 1.68. The van der Waals surface area contributed by atoms with Crippen LogP contribution in [0, 0.1) is 10.1 Å². The van der Waals surface area contributed by atoms with E-state index in [2.05, 4.69) is 17.6 Å². The molecule has 0 radical (unpaired) electrons. The van der Waals surface area contributed by atoms with Gasteiger partial charge in [-0.05, 0) is 47.9 Å². The molecule has 0 aromatic heterocycles. The van der Waals surface area contributed by atoms with Crippen LogP contribution in [0.2, 0.25) is 5.02 Å². The highest BCUT2D eigenvalue weighted by Gasteiger charge is 2.16. The molecule has 154 valence electrons. The van der Waals surface area contributed by atoms with Gasteiger partial charge < -0.3 is 10.6 Å². The van der Waals surface area contributed by atoms with Crippen molar-refractivity contribution < 1.29 is 9.72 Å². The van der Waals surface area contributed by atoms with Gasteiger partial charge in [-0.2, -0.15) is 0 Å². The van der Waals surface area contributed by atoms with Gasteiger partial charge in [0.2, 0.25) is 0 Å². The highest BCUT2D eigenvalue weighted by atomic mass is 35.5. The number of nitro benzene ring substituents is 1. The molecule has 0 atom stereocenters. The minimum atomic E-state index is -0.563. The largest absolute Gasteiger partial charge is 0.385 e. The predicted octanol–water partition coefficient (Wildman–Crippen LogP) is 6.38. The summed E-state index contributed by atoms with van der Waals surface area (Å²) in [5.41, 5.74) is 3.61. The first kappa shape index (κ1) is 21.3. The highest BCUT2D eigenvalue weighted by Crippen LogP contribution is 2.25. The third-order valence-corrected chi connectivity index (χ3v) is 4.96. The van der Waals surface area contributed by atoms with Gasteiger partial charge in [-0.1, -0.05) is 49.2 Å². The molecule has 0 heterocycles. The topological polar surface area (TPSA) is 84.3 Å². The number of carbonyl (C=O) groups is 1. The summed E-state index contributed by atoms with van der Waals surface area (Å²) in [6.45, 7) is 3.12. The highest BCUT2D eigenvalue weighted by molar-refractivity contribution is 6.34. The zero-order valence-electron chi connectivity index (χ0n) is 16.5. The summed E-state index contributed by atoms with van der Waals surface area (Å²) in [6.07, 6.45) is 2.29. The van der Waals surface area contributed by atoms with Crippen molar-refractivity contribution >= 4 is 34.6 Å². The molecule has 0 spiro atoms. The van der Waals surface area contributed by atoms with Crippen molar-refractivity contribution in [1.82, 2.24) is 0 Å². The molecule has 3 aromatic carbocycles. The third-order valence-electron chi connectivity index (χ3n) is 4.63. The number of halogens is 1. The monoisotopic (exact) mass is 423 g/mol. The summed E-state index contributed by atoms with van der Waals surface area (Å²) in [5, 5.41) is 17.2. The Hall–Kier alpha value is -3.38. The molecule has 0 aliphatic carbocycles. The van der Waals surface area contributed by atoms with E-state index < -0.39 is 10.8 Å². The van der Waals surface area contributed by atoms with Crippen molar-refractivity contribution in [1.29, 1.82) is 0 Å². The predicted molar refractivity (Wildman–Crippen MR) is 121 cm³/mol. The van der Waals surface area contributed by atoms with Gasteiger partial charge in [0.15, 0.2) is 0 Å². The fourth-order valence-corrected chi connectivity index (χ4v) is 3.14. The summed E-state index contributed by atoms with van der Waals surface area (Å²) in [4.78, 5) is 22.9. The van der Waals surface area contributed by atoms with Gasteiger partial charge in [0, 0.05) is 30.1 Å². The summed E-state index contributed by atoms with van der Waals surface area (Å²) in [7, 11) is 0. The SMILES string of the molecule is CCCCNc1ccc(-c2ccc(NC(=O)c3cc([N+](=O)[O-])ccc3Cl)cc2)cc1. The Kier molecular flexibility index (Phi) is 7.03. The number of amides is 1. The number of benzene rings is 3. The molecule has 3 rings (SSSR count). The normalized spacial score (nSPS) is 10.5. The van der Waals surface area contributed by atoms with Crippen LogP contribution in [0.25, 0.3) is 11.1 Å². The maximum Gasteiger partial charge on any atom is 0.270 e. The molecule has 30 heavy (non-hydrogen) atoms. The number of non-ortho nitro benzene ring substituents is 1. The number of unbranched alkanes of at least 4 members (excludes halogenated alkanes) is 1. The van der Waals surface area contributed by atoms with Crippen LogP contribution in [-0.4, -0.2) is 17.4 Å². The average molecular weight is 424 g/mol. The Morgan fingerprint density at radius 3 is 2.13 bits per heavy atom. The molecule has 6 nitrogen and oxygen atoms in total. The lowest BCUT2D eigenvalue weighted by molar-refractivity contribution is -0.384. The van der Waals surface area contributed by atoms with Crippen LogP contribution in [0.3, 0.4) is 0 Å². The second-order valence-electron chi connectivity index (χ2n) is 6.81. The standard InChI is InChI=1S/C23H22ClN3O3/c1-2-3-14-25-18-8-4-16(5-9-18)17-6-10-19(11-7-17)26-23(28)21-15-20(27(29)30)12-13-22(21)24/h4-13,15,25H,2-3,14H2,1H3,(H,26,28). The molecular weight excluding hydrogens is 402 g/mol. The third kappa shape index (κ3) is 5.36. The Morgan fingerprint density at radius 1 is 0.967 bits per heavy atom. The summed E-state index contributed by atoms with van der Waals surface area (Å²) >= 11 is 6.03. The lowest BCUT2D eigenvalue weighted by Crippen LogP contribution is -2.12. The first-order valence-electron chi connectivity index (χ1n) is 9.67. The van der Waals surface area contributed by atoms with Crippen LogP contribution >= 0.6 is 11.6 Å². The minimum absolute atomic E-state index is 0.0566. The second kappa shape index (κ2) is 9.89. The number of hydrogen-bond donors (Lipinski definition) is 2. The van der Waals surface area contributed by atoms with Crippen molar-refractivity contribution in [3.05, 3.63) is 87.4 Å². The Labute approximate surface area is 180 Å². The molecule has 0 aliphatic heterocycles. The van der Waals surface area contributed by atoms with Gasteiger partial charge in [0.05, 0.1) is 15.5 Å². The number of nitro groups is 1. The molecule has 2 N–H and O–H groups in total. The zero-order valence-corrected chi connectivity index (χ0v) is 17.3. The number of rotatable bonds is 8. The van der Waals surface area contributed by atoms with E-state index in [9.17, 15) is 14.9 Å². The van der Waals surface area contributed by atoms with Crippen molar-refractivity contribution in [3.8, 4) is 11.1 Å². The molecule has 0 saturated heterocycles. The van der Waals surface area contributed by atoms with E-state index in [0.717, 1.165) is 36.2 Å². The van der Waals surface area contributed by atoms with Crippen molar-refractivity contribution in [2.24, 2.45) is 0 Å². The Bertz CT molecular complexity index is 1030. The van der Waals surface area contributed by atoms with Gasteiger partial charge in [0.25, 0.3) is 11.6 Å². The van der Waals surface area contributed by atoms with Gasteiger partial charge in [0.1, 0.15) is 0 Å². The van der Waals surface area contributed by atoms with Gasteiger partial charge in [-0.25, -0.2) is 0 Å². The van der Waals surface area contributed by atoms with Crippen LogP contribution in [0.1, 0.15) is 30.1 Å². The minimum Gasteiger partial charge on any atom is -0.385 e. The molecule has 0 unspecified atom stereocenters.